The molecule has 0 amide bonds. The summed E-state index contributed by atoms with van der Waals surface area (Å²) in [6.07, 6.45) is 2.86. The Hall–Kier alpha value is -2.43. The van der Waals surface area contributed by atoms with Gasteiger partial charge in [-0.1, -0.05) is 54.1 Å². The van der Waals surface area contributed by atoms with Crippen molar-refractivity contribution in [1.29, 1.82) is 0 Å². The Morgan fingerprint density at radius 3 is 2.46 bits per heavy atom. The van der Waals surface area contributed by atoms with Gasteiger partial charge in [-0.3, -0.25) is 0 Å². The number of halogens is 1. The third-order valence-electron chi connectivity index (χ3n) is 4.44. The van der Waals surface area contributed by atoms with Crippen molar-refractivity contribution < 1.29 is 19.7 Å². The molecule has 0 heterocycles. The van der Waals surface area contributed by atoms with Gasteiger partial charge in [0.2, 0.25) is 0 Å². The van der Waals surface area contributed by atoms with Crippen molar-refractivity contribution in [2.24, 2.45) is 5.92 Å². The Labute approximate surface area is 153 Å². The van der Waals surface area contributed by atoms with Gasteiger partial charge < -0.3 is 15.3 Å². The summed E-state index contributed by atoms with van der Waals surface area (Å²) < 4.78 is 13.4. The summed E-state index contributed by atoms with van der Waals surface area (Å²) in [6.45, 7) is 5.64. The van der Waals surface area contributed by atoms with Gasteiger partial charge in [-0.2, -0.15) is 0 Å². The van der Waals surface area contributed by atoms with E-state index in [0.717, 1.165) is 11.1 Å². The van der Waals surface area contributed by atoms with Crippen LogP contribution in [-0.4, -0.2) is 21.4 Å². The van der Waals surface area contributed by atoms with Gasteiger partial charge in [0.05, 0.1) is 12.2 Å². The summed E-state index contributed by atoms with van der Waals surface area (Å²) >= 11 is 0. The van der Waals surface area contributed by atoms with Crippen molar-refractivity contribution in [1.82, 2.24) is 0 Å². The van der Waals surface area contributed by atoms with E-state index >= 15 is 0 Å². The molecule has 26 heavy (non-hydrogen) atoms. The second-order valence-corrected chi connectivity index (χ2v) is 6.48. The molecule has 2 aromatic rings. The largest absolute Gasteiger partial charge is 0.505 e. The van der Waals surface area contributed by atoms with Crippen LogP contribution < -0.4 is 0 Å². The van der Waals surface area contributed by atoms with Crippen molar-refractivity contribution in [3.8, 4) is 5.75 Å². The number of rotatable bonds is 8. The van der Waals surface area contributed by atoms with E-state index in [9.17, 15) is 19.7 Å². The molecule has 2 rings (SSSR count). The molecule has 0 spiro atoms. The normalized spacial score (nSPS) is 15.3. The van der Waals surface area contributed by atoms with Crippen molar-refractivity contribution in [2.45, 2.75) is 32.0 Å². The topological polar surface area (TPSA) is 60.7 Å². The lowest BCUT2D eigenvalue weighted by Crippen LogP contribution is -2.25. The van der Waals surface area contributed by atoms with Gasteiger partial charge in [-0.15, -0.1) is 6.58 Å². The van der Waals surface area contributed by atoms with Crippen LogP contribution in [0, 0.1) is 11.7 Å². The van der Waals surface area contributed by atoms with Crippen molar-refractivity contribution >= 4 is 6.08 Å². The molecule has 0 radical (unpaired) electrons. The second kappa shape index (κ2) is 9.32. The van der Waals surface area contributed by atoms with Crippen LogP contribution in [0.15, 0.2) is 66.8 Å². The molecule has 0 fully saturated rings. The smallest absolute Gasteiger partial charge is 0.165 e. The monoisotopic (exact) mass is 356 g/mol. The average Bonchev–Trinajstić information content (AvgIpc) is 2.64. The number of hydrogen-bond acceptors (Lipinski definition) is 3. The van der Waals surface area contributed by atoms with E-state index in [2.05, 4.69) is 6.58 Å². The maximum atomic E-state index is 13.4. The number of hydrogen-bond donors (Lipinski definition) is 3. The summed E-state index contributed by atoms with van der Waals surface area (Å²) in [5.41, 5.74) is 2.35. The summed E-state index contributed by atoms with van der Waals surface area (Å²) in [7, 11) is 0. The Morgan fingerprint density at radius 1 is 1.15 bits per heavy atom. The lowest BCUT2D eigenvalue weighted by atomic mass is 9.88. The van der Waals surface area contributed by atoms with Crippen molar-refractivity contribution in [3.63, 3.8) is 0 Å². The molecule has 138 valence electrons. The Bertz CT molecular complexity index is 755. The molecular weight excluding hydrogens is 331 g/mol. The number of benzene rings is 2. The molecule has 0 saturated carbocycles. The number of aliphatic hydroxyl groups is 2. The molecular formula is C22H25FO3. The molecule has 0 aliphatic rings. The molecule has 3 atom stereocenters. The highest BCUT2D eigenvalue weighted by atomic mass is 19.1. The zero-order chi connectivity index (χ0) is 19.1. The van der Waals surface area contributed by atoms with Crippen molar-refractivity contribution in [2.75, 3.05) is 0 Å². The Balaban J connectivity index is 1.99. The van der Waals surface area contributed by atoms with Gasteiger partial charge in [0.1, 0.15) is 0 Å². The molecule has 0 unspecified atom stereocenters. The van der Waals surface area contributed by atoms with Crippen molar-refractivity contribution in [3.05, 3.63) is 83.7 Å². The van der Waals surface area contributed by atoms with Gasteiger partial charge >= 0.3 is 0 Å². The Kier molecular flexibility index (Phi) is 7.13. The maximum Gasteiger partial charge on any atom is 0.165 e. The zero-order valence-corrected chi connectivity index (χ0v) is 14.8. The number of phenolic OH excluding ortho intramolecular Hbond substituents is 1. The fraction of sp³-hybridized carbons (Fsp3) is 0.273. The molecule has 4 heteroatoms. The first kappa shape index (κ1) is 19.9. The van der Waals surface area contributed by atoms with Gasteiger partial charge in [0.25, 0.3) is 0 Å². The van der Waals surface area contributed by atoms with Crippen LogP contribution in [0.5, 0.6) is 5.75 Å². The lowest BCUT2D eigenvalue weighted by Gasteiger charge is -2.25. The molecule has 0 saturated heterocycles. The molecule has 0 bridgehead atoms. The SMILES string of the molecule is C=C[C@H]([C@H](O)CC/C(C)=C/c1ccc(O)c(F)c1)[C@H](O)c1ccccc1. The van der Waals surface area contributed by atoms with E-state index in [1.165, 1.54) is 12.1 Å². The van der Waals surface area contributed by atoms with E-state index in [4.69, 9.17) is 0 Å². The zero-order valence-electron chi connectivity index (χ0n) is 14.8. The predicted octanol–water partition coefficient (Wildman–Crippen LogP) is 4.61. The van der Waals surface area contributed by atoms with Crippen LogP contribution in [0.2, 0.25) is 0 Å². The van der Waals surface area contributed by atoms with Crippen LogP contribution in [0.1, 0.15) is 37.0 Å². The van der Waals surface area contributed by atoms with E-state index < -0.39 is 23.9 Å². The lowest BCUT2D eigenvalue weighted by molar-refractivity contribution is 0.0319. The van der Waals surface area contributed by atoms with Gasteiger partial charge in [-0.25, -0.2) is 4.39 Å². The first-order chi connectivity index (χ1) is 12.4. The summed E-state index contributed by atoms with van der Waals surface area (Å²) in [5, 5.41) is 30.2. The number of aromatic hydroxyl groups is 1. The van der Waals surface area contributed by atoms with Gasteiger partial charge in [0.15, 0.2) is 11.6 Å². The molecule has 2 aromatic carbocycles. The summed E-state index contributed by atoms with van der Waals surface area (Å²) in [5.74, 6) is -1.51. The van der Waals surface area contributed by atoms with E-state index in [-0.39, 0.29) is 5.75 Å². The second-order valence-electron chi connectivity index (χ2n) is 6.48. The fourth-order valence-electron chi connectivity index (χ4n) is 2.91. The molecule has 0 aromatic heterocycles. The number of aliphatic hydroxyl groups excluding tert-OH is 2. The highest BCUT2D eigenvalue weighted by Gasteiger charge is 2.25. The number of phenols is 1. The van der Waals surface area contributed by atoms with Crippen LogP contribution >= 0.6 is 0 Å². The minimum atomic E-state index is -0.820. The molecule has 3 N–H and O–H groups in total. The van der Waals surface area contributed by atoms with Gasteiger partial charge in [-0.05, 0) is 43.0 Å². The van der Waals surface area contributed by atoms with Crippen LogP contribution in [0.25, 0.3) is 6.08 Å². The van der Waals surface area contributed by atoms with Crippen LogP contribution in [0.3, 0.4) is 0 Å². The van der Waals surface area contributed by atoms with Crippen LogP contribution in [-0.2, 0) is 0 Å². The number of allylic oxidation sites excluding steroid dienone is 1. The summed E-state index contributed by atoms with van der Waals surface area (Å²) in [6, 6.07) is 13.4. The summed E-state index contributed by atoms with van der Waals surface area (Å²) in [4.78, 5) is 0. The molecule has 0 aliphatic heterocycles. The first-order valence-corrected chi connectivity index (χ1v) is 8.61. The fourth-order valence-corrected chi connectivity index (χ4v) is 2.91. The first-order valence-electron chi connectivity index (χ1n) is 8.61. The standard InChI is InChI=1S/C22H25FO3/c1-3-18(22(26)17-7-5-4-6-8-17)20(24)11-9-15(2)13-16-10-12-21(25)19(23)14-16/h3-8,10,12-14,18,20,22,24-26H,1,9,11H2,2H3/b15-13+/t18-,20-,22-/m1/s1. The third-order valence-corrected chi connectivity index (χ3v) is 4.44. The minimum Gasteiger partial charge on any atom is -0.505 e. The minimum absolute atomic E-state index is 0.376. The van der Waals surface area contributed by atoms with Gasteiger partial charge in [0, 0.05) is 5.92 Å². The highest BCUT2D eigenvalue weighted by Crippen LogP contribution is 2.28. The molecule has 0 aliphatic carbocycles. The highest BCUT2D eigenvalue weighted by molar-refractivity contribution is 5.53. The maximum absolute atomic E-state index is 13.4. The van der Waals surface area contributed by atoms with Crippen LogP contribution in [0.4, 0.5) is 4.39 Å². The Morgan fingerprint density at radius 2 is 1.85 bits per heavy atom. The predicted molar refractivity (Wildman–Crippen MR) is 102 cm³/mol. The third kappa shape index (κ3) is 5.28. The molecule has 3 nitrogen and oxygen atoms in total. The van der Waals surface area contributed by atoms with E-state index in [1.807, 2.05) is 43.3 Å². The average molecular weight is 356 g/mol. The van der Waals surface area contributed by atoms with E-state index in [1.54, 1.807) is 12.1 Å². The van der Waals surface area contributed by atoms with E-state index in [0.29, 0.717) is 18.4 Å². The quantitative estimate of drug-likeness (QED) is 0.605.